The molecule has 0 amide bonds. The van der Waals surface area contributed by atoms with Crippen LogP contribution in [-0.2, 0) is 10.8 Å². The number of hydrogen-bond acceptors (Lipinski definition) is 2. The summed E-state index contributed by atoms with van der Waals surface area (Å²) in [6, 6.07) is 17.3. The van der Waals surface area contributed by atoms with E-state index in [0.29, 0.717) is 25.7 Å². The van der Waals surface area contributed by atoms with Crippen LogP contribution in [0.25, 0.3) is 11.1 Å². The van der Waals surface area contributed by atoms with Crippen LogP contribution in [0.15, 0.2) is 48.5 Å². The zero-order valence-corrected chi connectivity index (χ0v) is 12.3. The van der Waals surface area contributed by atoms with Crippen molar-refractivity contribution in [2.45, 2.75) is 47.7 Å². The van der Waals surface area contributed by atoms with Crippen molar-refractivity contribution in [1.29, 1.82) is 0 Å². The van der Waals surface area contributed by atoms with E-state index >= 15 is 0 Å². The highest BCUT2D eigenvalue weighted by Gasteiger charge is 2.85. The fourth-order valence-electron chi connectivity index (χ4n) is 6.75. The molecule has 2 aromatic carbocycles. The van der Waals surface area contributed by atoms with Gasteiger partial charge in [-0.05, 0) is 47.9 Å². The number of rotatable bonds is 0. The van der Waals surface area contributed by atoms with Gasteiger partial charge in [-0.3, -0.25) is 0 Å². The van der Waals surface area contributed by atoms with Crippen molar-refractivity contribution in [3.63, 3.8) is 0 Å². The van der Waals surface area contributed by atoms with Crippen molar-refractivity contribution in [1.82, 2.24) is 0 Å². The first kappa shape index (κ1) is 11.9. The predicted octanol–water partition coefficient (Wildman–Crippen LogP) is 2.91. The van der Waals surface area contributed by atoms with E-state index in [9.17, 15) is 10.2 Å². The fourth-order valence-corrected chi connectivity index (χ4v) is 6.75. The molecule has 5 aliphatic rings. The molecular weight excluding hydrogens is 272 g/mol. The topological polar surface area (TPSA) is 40.5 Å². The van der Waals surface area contributed by atoms with Gasteiger partial charge < -0.3 is 10.2 Å². The summed E-state index contributed by atoms with van der Waals surface area (Å²) in [7, 11) is 0. The lowest BCUT2D eigenvalue weighted by Crippen LogP contribution is -2.44. The maximum Gasteiger partial charge on any atom is 0.0951 e. The number of hydrogen-bond donors (Lipinski definition) is 2. The van der Waals surface area contributed by atoms with Gasteiger partial charge in [-0.1, -0.05) is 48.5 Å². The first-order valence-corrected chi connectivity index (χ1v) is 8.18. The lowest BCUT2D eigenvalue weighted by atomic mass is 9.55. The summed E-state index contributed by atoms with van der Waals surface area (Å²) < 4.78 is 0. The quantitative estimate of drug-likeness (QED) is 0.783. The lowest BCUT2D eigenvalue weighted by molar-refractivity contribution is -0.107. The molecule has 0 aliphatic heterocycles. The summed E-state index contributed by atoms with van der Waals surface area (Å²) in [5, 5.41) is 22.3. The van der Waals surface area contributed by atoms with Crippen molar-refractivity contribution in [3.8, 4) is 11.1 Å². The molecular formula is C20H18O2. The highest BCUT2D eigenvalue weighted by Crippen LogP contribution is 2.81. The zero-order chi connectivity index (χ0) is 14.8. The average Bonchev–Trinajstić information content (AvgIpc) is 3.08. The molecule has 22 heavy (non-hydrogen) atoms. The van der Waals surface area contributed by atoms with Crippen LogP contribution in [0.4, 0.5) is 0 Å². The van der Waals surface area contributed by atoms with E-state index in [2.05, 4.69) is 48.5 Å². The van der Waals surface area contributed by atoms with E-state index in [1.54, 1.807) is 0 Å². The van der Waals surface area contributed by atoms with E-state index in [1.807, 2.05) is 0 Å². The predicted molar refractivity (Wildman–Crippen MR) is 83.6 cm³/mol. The highest BCUT2D eigenvalue weighted by atomic mass is 16.4. The first-order chi connectivity index (χ1) is 10.5. The standard InChI is InChI=1S/C20H18O2/c21-19-9-17-10-20(19,22)12-18(17,11-19)16-8-4-2-6-14(16)13-5-1-3-7-15(13)17/h1-8,21-22H,9-12H2. The molecule has 5 aliphatic carbocycles. The van der Waals surface area contributed by atoms with Gasteiger partial charge in [0.05, 0.1) is 11.2 Å². The van der Waals surface area contributed by atoms with Gasteiger partial charge in [0.25, 0.3) is 0 Å². The van der Waals surface area contributed by atoms with Gasteiger partial charge in [0.2, 0.25) is 0 Å². The molecule has 0 unspecified atom stereocenters. The Morgan fingerprint density at radius 1 is 0.591 bits per heavy atom. The Morgan fingerprint density at radius 2 is 0.955 bits per heavy atom. The smallest absolute Gasteiger partial charge is 0.0951 e. The normalized spacial score (nSPS) is 45.7. The molecule has 2 nitrogen and oxygen atoms in total. The van der Waals surface area contributed by atoms with Crippen LogP contribution in [0.1, 0.15) is 36.8 Å². The van der Waals surface area contributed by atoms with Crippen LogP contribution >= 0.6 is 0 Å². The molecule has 0 atom stereocenters. The molecule has 4 saturated carbocycles. The summed E-state index contributed by atoms with van der Waals surface area (Å²) in [6.07, 6.45) is 2.84. The largest absolute Gasteiger partial charge is 0.387 e. The van der Waals surface area contributed by atoms with Crippen molar-refractivity contribution in [2.24, 2.45) is 0 Å². The van der Waals surface area contributed by atoms with Gasteiger partial charge in [0.1, 0.15) is 0 Å². The monoisotopic (exact) mass is 290 g/mol. The van der Waals surface area contributed by atoms with Gasteiger partial charge in [0.15, 0.2) is 0 Å². The minimum Gasteiger partial charge on any atom is -0.387 e. The molecule has 110 valence electrons. The SMILES string of the molecule is OC12CC34CC1(O)CC3(C2)c1ccccc1-c1ccccc14. The van der Waals surface area contributed by atoms with Crippen LogP contribution in [-0.4, -0.2) is 21.4 Å². The van der Waals surface area contributed by atoms with Gasteiger partial charge >= 0.3 is 0 Å². The third kappa shape index (κ3) is 0.901. The fraction of sp³-hybridized carbons (Fsp3) is 0.400. The molecule has 0 saturated heterocycles. The third-order valence-electron chi connectivity index (χ3n) is 7.33. The minimum absolute atomic E-state index is 0.0819. The molecule has 4 bridgehead atoms. The Labute approximate surface area is 129 Å². The minimum atomic E-state index is -0.905. The Balaban J connectivity index is 1.80. The third-order valence-corrected chi connectivity index (χ3v) is 7.33. The van der Waals surface area contributed by atoms with Crippen LogP contribution in [0, 0.1) is 0 Å². The Hall–Kier alpha value is -1.64. The van der Waals surface area contributed by atoms with Crippen molar-refractivity contribution >= 4 is 0 Å². The summed E-state index contributed by atoms with van der Waals surface area (Å²) in [5.74, 6) is 0. The zero-order valence-electron chi connectivity index (χ0n) is 12.3. The first-order valence-electron chi connectivity index (χ1n) is 8.18. The second-order valence-corrected chi connectivity index (χ2v) is 8.03. The highest BCUT2D eigenvalue weighted by molar-refractivity contribution is 5.80. The molecule has 2 N–H and O–H groups in total. The van der Waals surface area contributed by atoms with Crippen molar-refractivity contribution in [3.05, 3.63) is 59.7 Å². The van der Waals surface area contributed by atoms with Gasteiger partial charge in [-0.2, -0.15) is 0 Å². The average molecular weight is 290 g/mol. The molecule has 2 spiro atoms. The van der Waals surface area contributed by atoms with Crippen LogP contribution in [0.3, 0.4) is 0 Å². The molecule has 2 aromatic rings. The Morgan fingerprint density at radius 3 is 1.36 bits per heavy atom. The number of aliphatic hydroxyl groups is 2. The van der Waals surface area contributed by atoms with Crippen LogP contribution in [0.5, 0.6) is 0 Å². The van der Waals surface area contributed by atoms with E-state index in [4.69, 9.17) is 0 Å². The molecule has 0 radical (unpaired) electrons. The van der Waals surface area contributed by atoms with Crippen molar-refractivity contribution in [2.75, 3.05) is 0 Å². The van der Waals surface area contributed by atoms with E-state index in [0.717, 1.165) is 0 Å². The second kappa shape index (κ2) is 3.04. The van der Waals surface area contributed by atoms with Crippen LogP contribution < -0.4 is 0 Å². The molecule has 2 heteroatoms. The lowest BCUT2D eigenvalue weighted by Gasteiger charge is -2.47. The molecule has 0 aromatic heterocycles. The summed E-state index contributed by atoms with van der Waals surface area (Å²) in [6.45, 7) is 0. The van der Waals surface area contributed by atoms with Gasteiger partial charge in [-0.15, -0.1) is 0 Å². The van der Waals surface area contributed by atoms with E-state index < -0.39 is 11.2 Å². The van der Waals surface area contributed by atoms with Crippen LogP contribution in [0.2, 0.25) is 0 Å². The number of fused-ring (bicyclic) bond motifs is 3. The summed E-state index contributed by atoms with van der Waals surface area (Å²) in [5.41, 5.74) is 3.31. The molecule has 4 fully saturated rings. The van der Waals surface area contributed by atoms with E-state index in [-0.39, 0.29) is 10.8 Å². The van der Waals surface area contributed by atoms with Gasteiger partial charge in [0, 0.05) is 10.8 Å². The molecule has 0 heterocycles. The maximum atomic E-state index is 11.1. The maximum absolute atomic E-state index is 11.1. The Bertz CT molecular complexity index is 767. The summed E-state index contributed by atoms with van der Waals surface area (Å²) in [4.78, 5) is 0. The number of benzene rings is 2. The Kier molecular flexibility index (Phi) is 1.64. The second-order valence-electron chi connectivity index (χ2n) is 8.03. The molecule has 7 rings (SSSR count). The summed E-state index contributed by atoms with van der Waals surface area (Å²) >= 11 is 0. The van der Waals surface area contributed by atoms with Gasteiger partial charge in [-0.25, -0.2) is 0 Å². The van der Waals surface area contributed by atoms with E-state index in [1.165, 1.54) is 22.3 Å². The van der Waals surface area contributed by atoms with Crippen molar-refractivity contribution < 1.29 is 10.2 Å².